The molecule has 0 aliphatic rings. The Morgan fingerprint density at radius 1 is 1.27 bits per heavy atom. The van der Waals surface area contributed by atoms with Crippen LogP contribution in [0.3, 0.4) is 0 Å². The standard InChI is InChI=1S/C19H22BrNO4S/c1-12(9-10-22)18(16-11-13(20)3-8-17(16)23)25-19(24)21-14-4-6-15(26-2)7-5-14/h3-8,11-12,18,22-23H,9-10H2,1-2H3,(H,21,24)/t12-,18+/m0/s1. The number of ether oxygens (including phenoxy) is 1. The van der Waals surface area contributed by atoms with Crippen LogP contribution in [0.15, 0.2) is 51.8 Å². The third-order valence-electron chi connectivity index (χ3n) is 3.97. The summed E-state index contributed by atoms with van der Waals surface area (Å²) in [7, 11) is 0. The number of carbonyl (C=O) groups excluding carboxylic acids is 1. The van der Waals surface area contributed by atoms with Crippen molar-refractivity contribution in [2.75, 3.05) is 18.2 Å². The highest BCUT2D eigenvalue weighted by Gasteiger charge is 2.26. The van der Waals surface area contributed by atoms with Gasteiger partial charge in [-0.1, -0.05) is 22.9 Å². The molecule has 0 heterocycles. The number of hydrogen-bond donors (Lipinski definition) is 3. The van der Waals surface area contributed by atoms with Crippen molar-refractivity contribution in [2.45, 2.75) is 24.3 Å². The van der Waals surface area contributed by atoms with E-state index in [2.05, 4.69) is 21.2 Å². The van der Waals surface area contributed by atoms with Crippen LogP contribution in [-0.4, -0.2) is 29.2 Å². The average molecular weight is 440 g/mol. The van der Waals surface area contributed by atoms with Crippen molar-refractivity contribution in [1.82, 2.24) is 0 Å². The summed E-state index contributed by atoms with van der Waals surface area (Å²) in [5, 5.41) is 22.1. The van der Waals surface area contributed by atoms with Gasteiger partial charge in [0.1, 0.15) is 11.9 Å². The lowest BCUT2D eigenvalue weighted by molar-refractivity contribution is 0.0652. The number of aliphatic hydroxyl groups excluding tert-OH is 1. The highest BCUT2D eigenvalue weighted by Crippen LogP contribution is 2.36. The number of rotatable bonds is 7. The van der Waals surface area contributed by atoms with Gasteiger partial charge in [0, 0.05) is 27.2 Å². The maximum Gasteiger partial charge on any atom is 0.412 e. The van der Waals surface area contributed by atoms with E-state index in [0.717, 1.165) is 9.37 Å². The first-order chi connectivity index (χ1) is 12.4. The van der Waals surface area contributed by atoms with Crippen molar-refractivity contribution in [3.05, 3.63) is 52.5 Å². The predicted molar refractivity (Wildman–Crippen MR) is 108 cm³/mol. The van der Waals surface area contributed by atoms with E-state index in [-0.39, 0.29) is 18.3 Å². The van der Waals surface area contributed by atoms with Crippen LogP contribution in [0.5, 0.6) is 5.75 Å². The number of thioether (sulfide) groups is 1. The molecule has 3 N–H and O–H groups in total. The summed E-state index contributed by atoms with van der Waals surface area (Å²) in [6.45, 7) is 1.83. The van der Waals surface area contributed by atoms with Gasteiger partial charge in [0.25, 0.3) is 0 Å². The van der Waals surface area contributed by atoms with Crippen LogP contribution < -0.4 is 5.32 Å². The van der Waals surface area contributed by atoms with Gasteiger partial charge < -0.3 is 14.9 Å². The molecule has 2 rings (SSSR count). The number of aromatic hydroxyl groups is 1. The summed E-state index contributed by atoms with van der Waals surface area (Å²) < 4.78 is 6.37. The number of aliphatic hydroxyl groups is 1. The van der Waals surface area contributed by atoms with Gasteiger partial charge in [-0.25, -0.2) is 4.79 Å². The molecule has 0 fully saturated rings. The quantitative estimate of drug-likeness (QED) is 0.517. The number of phenols is 1. The van der Waals surface area contributed by atoms with Gasteiger partial charge in [-0.05, 0) is 61.1 Å². The Bertz CT molecular complexity index is 739. The fourth-order valence-electron chi connectivity index (χ4n) is 2.53. The fraction of sp³-hybridized carbons (Fsp3) is 0.316. The summed E-state index contributed by atoms with van der Waals surface area (Å²) in [6, 6.07) is 12.4. The van der Waals surface area contributed by atoms with Crippen LogP contribution in [-0.2, 0) is 4.74 Å². The molecule has 5 nitrogen and oxygen atoms in total. The minimum atomic E-state index is -0.690. The number of amides is 1. The topological polar surface area (TPSA) is 78.8 Å². The maximum absolute atomic E-state index is 12.4. The third-order valence-corrected chi connectivity index (χ3v) is 5.20. The van der Waals surface area contributed by atoms with Gasteiger partial charge >= 0.3 is 6.09 Å². The van der Waals surface area contributed by atoms with E-state index >= 15 is 0 Å². The summed E-state index contributed by atoms with van der Waals surface area (Å²) in [6.07, 6.45) is 1.11. The number of carbonyl (C=O) groups is 1. The second-order valence-electron chi connectivity index (χ2n) is 5.87. The number of nitrogens with one attached hydrogen (secondary N) is 1. The lowest BCUT2D eigenvalue weighted by Gasteiger charge is -2.25. The second kappa shape index (κ2) is 9.85. The van der Waals surface area contributed by atoms with E-state index in [1.165, 1.54) is 0 Å². The van der Waals surface area contributed by atoms with Gasteiger partial charge in [-0.3, -0.25) is 5.32 Å². The lowest BCUT2D eigenvalue weighted by atomic mass is 9.94. The highest BCUT2D eigenvalue weighted by atomic mass is 79.9. The first-order valence-corrected chi connectivity index (χ1v) is 10.2. The predicted octanol–water partition coefficient (Wildman–Crippen LogP) is 5.18. The Balaban J connectivity index is 2.17. The Labute approximate surface area is 165 Å². The molecule has 0 aliphatic heterocycles. The third kappa shape index (κ3) is 5.65. The number of phenolic OH excluding ortho intramolecular Hbond substituents is 1. The molecule has 0 unspecified atom stereocenters. The number of hydrogen-bond acceptors (Lipinski definition) is 5. The van der Waals surface area contributed by atoms with Crippen LogP contribution in [0, 0.1) is 5.92 Å². The molecule has 1 amide bonds. The average Bonchev–Trinajstić information content (AvgIpc) is 2.62. The molecule has 0 aliphatic carbocycles. The normalized spacial score (nSPS) is 13.1. The zero-order valence-electron chi connectivity index (χ0n) is 14.6. The van der Waals surface area contributed by atoms with Crippen LogP contribution in [0.4, 0.5) is 10.5 Å². The zero-order chi connectivity index (χ0) is 19.1. The monoisotopic (exact) mass is 439 g/mol. The van der Waals surface area contributed by atoms with Crippen LogP contribution >= 0.6 is 27.7 Å². The van der Waals surface area contributed by atoms with E-state index in [9.17, 15) is 15.0 Å². The highest BCUT2D eigenvalue weighted by molar-refractivity contribution is 9.10. The van der Waals surface area contributed by atoms with Crippen LogP contribution in [0.2, 0.25) is 0 Å². The van der Waals surface area contributed by atoms with Crippen molar-refractivity contribution < 1.29 is 19.7 Å². The van der Waals surface area contributed by atoms with E-state index in [1.807, 2.05) is 25.3 Å². The van der Waals surface area contributed by atoms with E-state index in [0.29, 0.717) is 17.7 Å². The largest absolute Gasteiger partial charge is 0.508 e. The Morgan fingerprint density at radius 2 is 1.96 bits per heavy atom. The molecule has 2 aromatic rings. The van der Waals surface area contributed by atoms with Gasteiger partial charge in [-0.2, -0.15) is 0 Å². The summed E-state index contributed by atoms with van der Waals surface area (Å²) in [4.78, 5) is 13.5. The molecule has 0 bridgehead atoms. The minimum Gasteiger partial charge on any atom is -0.508 e. The molecule has 0 spiro atoms. The molecule has 0 saturated carbocycles. The molecule has 0 aromatic heterocycles. The van der Waals surface area contributed by atoms with Crippen molar-refractivity contribution in [3.63, 3.8) is 0 Å². The van der Waals surface area contributed by atoms with Gasteiger partial charge in [0.05, 0.1) is 0 Å². The van der Waals surface area contributed by atoms with E-state index in [4.69, 9.17) is 4.74 Å². The smallest absolute Gasteiger partial charge is 0.412 e. The van der Waals surface area contributed by atoms with E-state index < -0.39 is 12.2 Å². The lowest BCUT2D eigenvalue weighted by Crippen LogP contribution is -2.22. The zero-order valence-corrected chi connectivity index (χ0v) is 17.0. The van der Waals surface area contributed by atoms with Gasteiger partial charge in [0.15, 0.2) is 0 Å². The van der Waals surface area contributed by atoms with Gasteiger partial charge in [0.2, 0.25) is 0 Å². The number of halogens is 1. The number of anilines is 1. The summed E-state index contributed by atoms with van der Waals surface area (Å²) >= 11 is 4.98. The minimum absolute atomic E-state index is 0.0342. The van der Waals surface area contributed by atoms with Gasteiger partial charge in [-0.15, -0.1) is 11.8 Å². The van der Waals surface area contributed by atoms with Crippen molar-refractivity contribution in [1.29, 1.82) is 0 Å². The molecular formula is C19H22BrNO4S. The molecule has 0 saturated heterocycles. The van der Waals surface area contributed by atoms with Crippen LogP contribution in [0.25, 0.3) is 0 Å². The Morgan fingerprint density at radius 3 is 2.58 bits per heavy atom. The first kappa shape index (κ1) is 20.6. The molecule has 7 heteroatoms. The molecule has 0 radical (unpaired) electrons. The summed E-state index contributed by atoms with van der Waals surface area (Å²) in [5.74, 6) is -0.134. The summed E-state index contributed by atoms with van der Waals surface area (Å²) in [5.41, 5.74) is 1.12. The van der Waals surface area contributed by atoms with Crippen molar-refractivity contribution >= 4 is 39.5 Å². The Hall–Kier alpha value is -1.70. The van der Waals surface area contributed by atoms with Crippen molar-refractivity contribution in [2.24, 2.45) is 5.92 Å². The molecule has 26 heavy (non-hydrogen) atoms. The molecule has 140 valence electrons. The second-order valence-corrected chi connectivity index (χ2v) is 7.67. The fourth-order valence-corrected chi connectivity index (χ4v) is 3.32. The van der Waals surface area contributed by atoms with Crippen LogP contribution in [0.1, 0.15) is 25.0 Å². The molecule has 2 atom stereocenters. The number of benzene rings is 2. The molecule has 2 aromatic carbocycles. The Kier molecular flexibility index (Phi) is 7.81. The first-order valence-electron chi connectivity index (χ1n) is 8.15. The maximum atomic E-state index is 12.4. The molecular weight excluding hydrogens is 418 g/mol. The van der Waals surface area contributed by atoms with Crippen molar-refractivity contribution in [3.8, 4) is 5.75 Å². The SMILES string of the molecule is CSc1ccc(NC(=O)O[C@@H](c2cc(Br)ccc2O)[C@@H](C)CCO)cc1. The van der Waals surface area contributed by atoms with E-state index in [1.54, 1.807) is 42.1 Å².